The van der Waals surface area contributed by atoms with Crippen molar-refractivity contribution in [2.24, 2.45) is 5.73 Å². The Morgan fingerprint density at radius 3 is 2.22 bits per heavy atom. The summed E-state index contributed by atoms with van der Waals surface area (Å²) in [6, 6.07) is 6.14. The van der Waals surface area contributed by atoms with Crippen LogP contribution in [-0.2, 0) is 25.6 Å². The van der Waals surface area contributed by atoms with E-state index in [1.165, 1.54) is 6.92 Å². The fourth-order valence-corrected chi connectivity index (χ4v) is 2.33. The molecule has 0 radical (unpaired) electrons. The molecule has 148 valence electrons. The fraction of sp³-hybridized carbons (Fsp3) is 0.412. The smallest absolute Gasteiger partial charge is 0.327 e. The highest BCUT2D eigenvalue weighted by Gasteiger charge is 2.24. The van der Waals surface area contributed by atoms with Crippen molar-refractivity contribution >= 4 is 36.3 Å². The number of hydrogen-bond donors (Lipinski definition) is 6. The molecule has 1 aromatic rings. The molecule has 9 nitrogen and oxygen atoms in total. The third-order valence-corrected chi connectivity index (χ3v) is 3.93. The van der Waals surface area contributed by atoms with Crippen molar-refractivity contribution in [3.63, 3.8) is 0 Å². The summed E-state index contributed by atoms with van der Waals surface area (Å²) in [6.07, 6.45) is 0.209. The Kier molecular flexibility index (Phi) is 9.31. The molecule has 0 spiro atoms. The molecule has 0 bridgehead atoms. The van der Waals surface area contributed by atoms with Gasteiger partial charge >= 0.3 is 5.97 Å². The van der Waals surface area contributed by atoms with Crippen LogP contribution in [0.4, 0.5) is 0 Å². The molecule has 0 aliphatic heterocycles. The number of amides is 3. The molecule has 1 aromatic carbocycles. The van der Waals surface area contributed by atoms with Gasteiger partial charge in [-0.2, -0.15) is 12.6 Å². The van der Waals surface area contributed by atoms with Gasteiger partial charge in [0.1, 0.15) is 12.1 Å². The number of benzene rings is 1. The second-order valence-electron chi connectivity index (χ2n) is 5.90. The van der Waals surface area contributed by atoms with Crippen LogP contribution in [0.25, 0.3) is 0 Å². The van der Waals surface area contributed by atoms with Crippen LogP contribution in [0.5, 0.6) is 0 Å². The quantitative estimate of drug-likeness (QED) is 0.270. The van der Waals surface area contributed by atoms with Crippen molar-refractivity contribution < 1.29 is 24.3 Å². The van der Waals surface area contributed by atoms with Crippen molar-refractivity contribution in [1.29, 1.82) is 0 Å². The summed E-state index contributed by atoms with van der Waals surface area (Å²) in [6.45, 7) is 1.06. The number of thiol groups is 1. The summed E-state index contributed by atoms with van der Waals surface area (Å²) >= 11 is 3.84. The van der Waals surface area contributed by atoms with Crippen molar-refractivity contribution in [2.75, 3.05) is 12.3 Å². The molecule has 0 saturated carbocycles. The number of carboxylic acids is 1. The number of hydrogen-bond acceptors (Lipinski definition) is 6. The first-order valence-corrected chi connectivity index (χ1v) is 8.88. The van der Waals surface area contributed by atoms with Gasteiger partial charge in [-0.1, -0.05) is 30.3 Å². The largest absolute Gasteiger partial charge is 0.480 e. The van der Waals surface area contributed by atoms with Crippen LogP contribution in [0.2, 0.25) is 0 Å². The Labute approximate surface area is 162 Å². The second kappa shape index (κ2) is 11.2. The van der Waals surface area contributed by atoms with E-state index in [0.29, 0.717) is 0 Å². The van der Waals surface area contributed by atoms with Gasteiger partial charge in [0.15, 0.2) is 0 Å². The van der Waals surface area contributed by atoms with Gasteiger partial charge in [0, 0.05) is 12.2 Å². The third-order valence-electron chi connectivity index (χ3n) is 3.57. The predicted molar refractivity (Wildman–Crippen MR) is 102 cm³/mol. The first-order valence-electron chi connectivity index (χ1n) is 8.25. The molecule has 3 amide bonds. The van der Waals surface area contributed by atoms with Gasteiger partial charge in [-0.05, 0) is 12.5 Å². The zero-order valence-corrected chi connectivity index (χ0v) is 15.7. The summed E-state index contributed by atoms with van der Waals surface area (Å²) in [5, 5.41) is 16.1. The van der Waals surface area contributed by atoms with E-state index in [0.717, 1.165) is 5.56 Å². The molecule has 0 fully saturated rings. The van der Waals surface area contributed by atoms with Crippen molar-refractivity contribution in [3.8, 4) is 0 Å². The number of carbonyl (C=O) groups is 4. The molecular weight excluding hydrogens is 372 g/mol. The molecule has 0 aliphatic rings. The number of nitrogens with one attached hydrogen (secondary N) is 3. The van der Waals surface area contributed by atoms with E-state index in [-0.39, 0.29) is 12.2 Å². The van der Waals surface area contributed by atoms with Crippen LogP contribution >= 0.6 is 12.6 Å². The molecule has 6 N–H and O–H groups in total. The van der Waals surface area contributed by atoms with Gasteiger partial charge in [-0.3, -0.25) is 14.4 Å². The van der Waals surface area contributed by atoms with E-state index in [9.17, 15) is 19.2 Å². The lowest BCUT2D eigenvalue weighted by Gasteiger charge is -2.20. The summed E-state index contributed by atoms with van der Waals surface area (Å²) in [7, 11) is 0. The third kappa shape index (κ3) is 8.09. The number of carboxylic acid groups (broad SMARTS) is 1. The van der Waals surface area contributed by atoms with Crippen LogP contribution in [0.1, 0.15) is 12.5 Å². The Morgan fingerprint density at radius 1 is 1.07 bits per heavy atom. The van der Waals surface area contributed by atoms with Crippen LogP contribution < -0.4 is 21.7 Å². The maximum atomic E-state index is 12.4. The predicted octanol–water partition coefficient (Wildman–Crippen LogP) is -1.32. The molecule has 1 rings (SSSR count). The van der Waals surface area contributed by atoms with E-state index >= 15 is 0 Å². The summed E-state index contributed by atoms with van der Waals surface area (Å²) in [5.41, 5.74) is 6.34. The van der Waals surface area contributed by atoms with Gasteiger partial charge < -0.3 is 26.8 Å². The number of aliphatic carboxylic acids is 1. The highest BCUT2D eigenvalue weighted by atomic mass is 32.1. The van der Waals surface area contributed by atoms with Crippen molar-refractivity contribution in [2.45, 2.75) is 31.5 Å². The molecule has 10 heteroatoms. The van der Waals surface area contributed by atoms with Crippen LogP contribution in [-0.4, -0.2) is 59.2 Å². The second-order valence-corrected chi connectivity index (χ2v) is 6.26. The van der Waals surface area contributed by atoms with Crippen molar-refractivity contribution in [3.05, 3.63) is 35.9 Å². The zero-order valence-electron chi connectivity index (χ0n) is 14.8. The minimum absolute atomic E-state index is 0.0872. The zero-order chi connectivity index (χ0) is 20.4. The van der Waals surface area contributed by atoms with Crippen molar-refractivity contribution in [1.82, 2.24) is 16.0 Å². The Balaban J connectivity index is 2.70. The maximum Gasteiger partial charge on any atom is 0.327 e. The first-order chi connectivity index (χ1) is 12.7. The highest BCUT2D eigenvalue weighted by molar-refractivity contribution is 7.80. The Hall–Kier alpha value is -2.59. The molecule has 0 aromatic heterocycles. The molecule has 0 aliphatic carbocycles. The molecule has 27 heavy (non-hydrogen) atoms. The molecule has 3 unspecified atom stereocenters. The molecular formula is C17H24N4O5S. The average molecular weight is 396 g/mol. The lowest BCUT2D eigenvalue weighted by atomic mass is 10.0. The normalized spacial score (nSPS) is 13.7. The summed E-state index contributed by atoms with van der Waals surface area (Å²) in [4.78, 5) is 47.0. The molecule has 3 atom stereocenters. The first kappa shape index (κ1) is 22.5. The van der Waals surface area contributed by atoms with E-state index in [2.05, 4.69) is 28.6 Å². The standard InChI is InChI=1S/C17H24N4O5S/c1-10(18)15(23)21-12(7-11-5-3-2-4-6-11)16(24)19-8-14(22)20-13(9-27)17(25)26/h2-6,10,12-13,27H,7-9,18H2,1H3,(H,19,24)(H,20,22)(H,21,23)(H,25,26). The summed E-state index contributed by atoms with van der Waals surface area (Å²) < 4.78 is 0. The SMILES string of the molecule is CC(N)C(=O)NC(Cc1ccccc1)C(=O)NCC(=O)NC(CS)C(=O)O. The fourth-order valence-electron chi connectivity index (χ4n) is 2.08. The number of nitrogens with two attached hydrogens (primary N) is 1. The van der Waals surface area contributed by atoms with Gasteiger partial charge in [0.25, 0.3) is 0 Å². The van der Waals surface area contributed by atoms with Gasteiger partial charge in [0.2, 0.25) is 17.7 Å². The molecule has 0 heterocycles. The van der Waals surface area contributed by atoms with E-state index in [4.69, 9.17) is 10.8 Å². The Bertz CT molecular complexity index is 669. The minimum Gasteiger partial charge on any atom is -0.480 e. The van der Waals surface area contributed by atoms with Crippen LogP contribution in [0.15, 0.2) is 30.3 Å². The van der Waals surface area contributed by atoms with Crippen LogP contribution in [0, 0.1) is 0 Å². The topological polar surface area (TPSA) is 151 Å². The minimum atomic E-state index is -1.23. The molecule has 0 saturated heterocycles. The number of rotatable bonds is 10. The monoisotopic (exact) mass is 396 g/mol. The van der Waals surface area contributed by atoms with Crippen LogP contribution in [0.3, 0.4) is 0 Å². The van der Waals surface area contributed by atoms with E-state index in [1.807, 2.05) is 6.07 Å². The Morgan fingerprint density at radius 2 is 1.70 bits per heavy atom. The van der Waals surface area contributed by atoms with E-state index < -0.39 is 48.4 Å². The highest BCUT2D eigenvalue weighted by Crippen LogP contribution is 2.04. The summed E-state index contributed by atoms with van der Waals surface area (Å²) in [5.74, 6) is -3.08. The van der Waals surface area contributed by atoms with Gasteiger partial charge in [-0.25, -0.2) is 4.79 Å². The lowest BCUT2D eigenvalue weighted by Crippen LogP contribution is -2.54. The maximum absolute atomic E-state index is 12.4. The van der Waals surface area contributed by atoms with Gasteiger partial charge in [0.05, 0.1) is 12.6 Å². The average Bonchev–Trinajstić information content (AvgIpc) is 2.63. The van der Waals surface area contributed by atoms with Gasteiger partial charge in [-0.15, -0.1) is 0 Å². The lowest BCUT2D eigenvalue weighted by molar-refractivity contribution is -0.141. The number of carbonyl (C=O) groups excluding carboxylic acids is 3. The van der Waals surface area contributed by atoms with E-state index in [1.54, 1.807) is 24.3 Å².